The molecule has 3 aromatic rings. The minimum absolute atomic E-state index is 0.121. The Kier molecular flexibility index (Phi) is 3.67. The lowest BCUT2D eigenvalue weighted by Crippen LogP contribution is -2.23. The first-order valence-electron chi connectivity index (χ1n) is 6.12. The highest BCUT2D eigenvalue weighted by molar-refractivity contribution is 7.89. The van der Waals surface area contributed by atoms with Gasteiger partial charge in [0.15, 0.2) is 12.0 Å². The summed E-state index contributed by atoms with van der Waals surface area (Å²) in [6.07, 6.45) is 1.28. The topological polar surface area (TPSA) is 72.2 Å². The largest absolute Gasteiger partial charge is 0.443 e. The van der Waals surface area contributed by atoms with Crippen molar-refractivity contribution in [1.82, 2.24) is 9.71 Å². The maximum atomic E-state index is 12.3. The van der Waals surface area contributed by atoms with E-state index in [1.54, 1.807) is 30.3 Å². The number of aromatic nitrogens is 1. The van der Waals surface area contributed by atoms with E-state index in [1.807, 2.05) is 0 Å². The lowest BCUT2D eigenvalue weighted by molar-refractivity contribution is 0.579. The van der Waals surface area contributed by atoms with Gasteiger partial charge in [0.25, 0.3) is 0 Å². The zero-order valence-corrected chi connectivity index (χ0v) is 12.4. The molecule has 1 aromatic heterocycles. The van der Waals surface area contributed by atoms with E-state index in [1.165, 1.54) is 18.5 Å². The minimum Gasteiger partial charge on any atom is -0.443 e. The average molecular weight is 323 g/mol. The molecule has 2 aromatic carbocycles. The van der Waals surface area contributed by atoms with Gasteiger partial charge < -0.3 is 4.42 Å². The highest BCUT2D eigenvalue weighted by atomic mass is 35.5. The fourth-order valence-electron chi connectivity index (χ4n) is 1.90. The molecule has 0 saturated heterocycles. The summed E-state index contributed by atoms with van der Waals surface area (Å²) in [6.45, 7) is 0.121. The molecule has 0 fully saturated rings. The number of halogens is 1. The van der Waals surface area contributed by atoms with Crippen molar-refractivity contribution < 1.29 is 12.8 Å². The van der Waals surface area contributed by atoms with Gasteiger partial charge >= 0.3 is 0 Å². The van der Waals surface area contributed by atoms with Crippen LogP contribution in [0.15, 0.2) is 58.2 Å². The first-order valence-corrected chi connectivity index (χ1v) is 7.99. The average Bonchev–Trinajstić information content (AvgIpc) is 2.94. The van der Waals surface area contributed by atoms with E-state index in [4.69, 9.17) is 16.0 Å². The van der Waals surface area contributed by atoms with Gasteiger partial charge in [-0.25, -0.2) is 18.1 Å². The summed E-state index contributed by atoms with van der Waals surface area (Å²) >= 11 is 6.00. The van der Waals surface area contributed by atoms with E-state index in [0.717, 1.165) is 0 Å². The van der Waals surface area contributed by atoms with Crippen molar-refractivity contribution in [3.63, 3.8) is 0 Å². The second-order valence-electron chi connectivity index (χ2n) is 4.40. The maximum absolute atomic E-state index is 12.3. The Morgan fingerprint density at radius 1 is 1.19 bits per heavy atom. The second-order valence-corrected chi connectivity index (χ2v) is 6.57. The number of hydrogen-bond donors (Lipinski definition) is 1. The molecule has 0 spiro atoms. The molecule has 0 radical (unpaired) electrons. The molecule has 108 valence electrons. The standard InChI is InChI=1S/C14H11ClN2O3S/c15-12-4-2-1-3-10(12)8-17-21(18,19)11-5-6-13-14(7-11)20-9-16-13/h1-7,9,17H,8H2. The monoisotopic (exact) mass is 322 g/mol. The SMILES string of the molecule is O=S(=O)(NCc1ccccc1Cl)c1ccc2ncoc2c1. The molecule has 0 saturated carbocycles. The minimum atomic E-state index is -3.64. The molecule has 0 aliphatic heterocycles. The summed E-state index contributed by atoms with van der Waals surface area (Å²) in [7, 11) is -3.64. The van der Waals surface area contributed by atoms with E-state index in [9.17, 15) is 8.42 Å². The highest BCUT2D eigenvalue weighted by Crippen LogP contribution is 2.19. The Morgan fingerprint density at radius 2 is 2.00 bits per heavy atom. The summed E-state index contributed by atoms with van der Waals surface area (Å²) in [5, 5.41) is 0.519. The number of fused-ring (bicyclic) bond motifs is 1. The van der Waals surface area contributed by atoms with Crippen LogP contribution in [0, 0.1) is 0 Å². The van der Waals surface area contributed by atoms with Crippen LogP contribution in [0.3, 0.4) is 0 Å². The molecular formula is C14H11ClN2O3S. The predicted octanol–water partition coefficient (Wildman–Crippen LogP) is 2.96. The van der Waals surface area contributed by atoms with Crippen molar-refractivity contribution in [2.75, 3.05) is 0 Å². The molecule has 21 heavy (non-hydrogen) atoms. The van der Waals surface area contributed by atoms with Crippen LogP contribution in [-0.2, 0) is 16.6 Å². The van der Waals surface area contributed by atoms with Gasteiger partial charge in [0.1, 0.15) is 5.52 Å². The van der Waals surface area contributed by atoms with E-state index in [2.05, 4.69) is 9.71 Å². The van der Waals surface area contributed by atoms with Crippen molar-refractivity contribution >= 4 is 32.7 Å². The van der Waals surface area contributed by atoms with Crippen LogP contribution < -0.4 is 4.72 Å². The molecular weight excluding hydrogens is 312 g/mol. The molecule has 3 rings (SSSR count). The Balaban J connectivity index is 1.85. The lowest BCUT2D eigenvalue weighted by atomic mass is 10.2. The van der Waals surface area contributed by atoms with E-state index in [0.29, 0.717) is 21.7 Å². The van der Waals surface area contributed by atoms with Crippen LogP contribution in [0.5, 0.6) is 0 Å². The second kappa shape index (κ2) is 5.48. The predicted molar refractivity (Wildman–Crippen MR) is 79.5 cm³/mol. The molecule has 0 atom stereocenters. The van der Waals surface area contributed by atoms with Crippen molar-refractivity contribution in [2.24, 2.45) is 0 Å². The van der Waals surface area contributed by atoms with Gasteiger partial charge in [-0.15, -0.1) is 0 Å². The first kappa shape index (κ1) is 14.1. The molecule has 0 bridgehead atoms. The van der Waals surface area contributed by atoms with Gasteiger partial charge in [0.2, 0.25) is 10.0 Å². The van der Waals surface area contributed by atoms with Crippen molar-refractivity contribution in [2.45, 2.75) is 11.4 Å². The van der Waals surface area contributed by atoms with E-state index >= 15 is 0 Å². The summed E-state index contributed by atoms with van der Waals surface area (Å²) in [4.78, 5) is 4.07. The van der Waals surface area contributed by atoms with Gasteiger partial charge in [0, 0.05) is 17.6 Å². The summed E-state index contributed by atoms with van der Waals surface area (Å²) < 4.78 is 32.2. The van der Waals surface area contributed by atoms with Gasteiger partial charge in [0.05, 0.1) is 4.90 Å². The van der Waals surface area contributed by atoms with Crippen molar-refractivity contribution in [1.29, 1.82) is 0 Å². The van der Waals surface area contributed by atoms with Crippen LogP contribution >= 0.6 is 11.6 Å². The molecule has 0 amide bonds. The third kappa shape index (κ3) is 2.92. The number of sulfonamides is 1. The molecule has 1 heterocycles. The third-order valence-electron chi connectivity index (χ3n) is 3.02. The smallest absolute Gasteiger partial charge is 0.241 e. The fourth-order valence-corrected chi connectivity index (χ4v) is 3.12. The zero-order valence-electron chi connectivity index (χ0n) is 10.8. The molecule has 0 aliphatic carbocycles. The Labute approximate surface area is 126 Å². The summed E-state index contributed by atoms with van der Waals surface area (Å²) in [5.74, 6) is 0. The number of oxazole rings is 1. The maximum Gasteiger partial charge on any atom is 0.241 e. The van der Waals surface area contributed by atoms with Crippen LogP contribution in [-0.4, -0.2) is 13.4 Å². The third-order valence-corrected chi connectivity index (χ3v) is 4.79. The Morgan fingerprint density at radius 3 is 2.81 bits per heavy atom. The normalized spacial score (nSPS) is 11.9. The van der Waals surface area contributed by atoms with E-state index in [-0.39, 0.29) is 11.4 Å². The Hall–Kier alpha value is -1.89. The van der Waals surface area contributed by atoms with Crippen molar-refractivity contribution in [3.8, 4) is 0 Å². The van der Waals surface area contributed by atoms with Gasteiger partial charge in [-0.05, 0) is 23.8 Å². The molecule has 0 unspecified atom stereocenters. The number of hydrogen-bond acceptors (Lipinski definition) is 4. The highest BCUT2D eigenvalue weighted by Gasteiger charge is 2.15. The zero-order chi connectivity index (χ0) is 14.9. The molecule has 7 heteroatoms. The van der Waals surface area contributed by atoms with E-state index < -0.39 is 10.0 Å². The number of rotatable bonds is 4. The van der Waals surface area contributed by atoms with Crippen LogP contribution in [0.1, 0.15) is 5.56 Å². The first-order chi connectivity index (χ1) is 10.1. The van der Waals surface area contributed by atoms with Crippen LogP contribution in [0.4, 0.5) is 0 Å². The van der Waals surface area contributed by atoms with Crippen LogP contribution in [0.25, 0.3) is 11.1 Å². The van der Waals surface area contributed by atoms with Crippen molar-refractivity contribution in [3.05, 3.63) is 59.4 Å². The number of nitrogens with one attached hydrogen (secondary N) is 1. The van der Waals surface area contributed by atoms with Gasteiger partial charge in [-0.3, -0.25) is 0 Å². The molecule has 5 nitrogen and oxygen atoms in total. The Bertz CT molecular complexity index is 890. The van der Waals surface area contributed by atoms with Crippen LogP contribution in [0.2, 0.25) is 5.02 Å². The van der Waals surface area contributed by atoms with Gasteiger partial charge in [-0.2, -0.15) is 0 Å². The summed E-state index contributed by atoms with van der Waals surface area (Å²) in [5.41, 5.74) is 1.75. The quantitative estimate of drug-likeness (QED) is 0.801. The number of nitrogens with zero attached hydrogens (tertiary/aromatic N) is 1. The molecule has 1 N–H and O–H groups in total. The number of benzene rings is 2. The molecule has 0 aliphatic rings. The summed E-state index contributed by atoms with van der Waals surface area (Å²) in [6, 6.07) is 11.6. The van der Waals surface area contributed by atoms with Gasteiger partial charge in [-0.1, -0.05) is 29.8 Å². The lowest BCUT2D eigenvalue weighted by Gasteiger charge is -2.08. The fraction of sp³-hybridized carbons (Fsp3) is 0.0714.